The molecule has 8 heteroatoms. The van der Waals surface area contributed by atoms with Gasteiger partial charge < -0.3 is 9.64 Å². The van der Waals surface area contributed by atoms with Gasteiger partial charge in [0.15, 0.2) is 11.6 Å². The number of hydrogen-bond donors (Lipinski definition) is 0. The maximum absolute atomic E-state index is 13.7. The van der Waals surface area contributed by atoms with Gasteiger partial charge >= 0.3 is 0 Å². The van der Waals surface area contributed by atoms with Gasteiger partial charge in [-0.15, -0.1) is 0 Å². The molecule has 0 N–H and O–H groups in total. The van der Waals surface area contributed by atoms with Crippen LogP contribution >= 0.6 is 23.2 Å². The number of ether oxygens (including phenoxy) is 1. The standard InChI is InChI=1S/C27H24Cl2F2N2O2/c1-35-19-4-7-25-21(14-19)27(16-33(25)26(34)20-5-3-18(28)13-22(20)29)8-10-32(11-9-27)15-17-2-6-23(30)24(31)12-17/h2-7,12-14H,8-11,15-16H2,1H3. The van der Waals surface area contributed by atoms with Crippen LogP contribution in [0.4, 0.5) is 14.5 Å². The number of carbonyl (C=O) groups excluding carboxylic acids is 1. The van der Waals surface area contributed by atoms with Crippen molar-refractivity contribution < 1.29 is 18.3 Å². The van der Waals surface area contributed by atoms with Crippen molar-refractivity contribution in [2.45, 2.75) is 24.8 Å². The summed E-state index contributed by atoms with van der Waals surface area (Å²) < 4.78 is 32.5. The lowest BCUT2D eigenvalue weighted by atomic mass is 9.74. The van der Waals surface area contributed by atoms with E-state index in [0.29, 0.717) is 28.7 Å². The van der Waals surface area contributed by atoms with Crippen LogP contribution in [0.2, 0.25) is 10.0 Å². The van der Waals surface area contributed by atoms with Crippen LogP contribution in [0.1, 0.15) is 34.3 Å². The van der Waals surface area contributed by atoms with Gasteiger partial charge in [-0.2, -0.15) is 0 Å². The fourth-order valence-electron chi connectivity index (χ4n) is 5.23. The monoisotopic (exact) mass is 516 g/mol. The second-order valence-electron chi connectivity index (χ2n) is 9.20. The molecular formula is C27H24Cl2F2N2O2. The number of benzene rings is 3. The third kappa shape index (κ3) is 4.51. The minimum absolute atomic E-state index is 0.167. The topological polar surface area (TPSA) is 32.8 Å². The number of methoxy groups -OCH3 is 1. The maximum atomic E-state index is 13.7. The molecule has 3 aromatic carbocycles. The molecule has 182 valence electrons. The number of amides is 1. The normalized spacial score (nSPS) is 17.0. The first-order chi connectivity index (χ1) is 16.8. The summed E-state index contributed by atoms with van der Waals surface area (Å²) >= 11 is 12.4. The number of anilines is 1. The molecule has 0 atom stereocenters. The fourth-order valence-corrected chi connectivity index (χ4v) is 5.72. The lowest BCUT2D eigenvalue weighted by molar-refractivity contribution is 0.0975. The molecule has 1 fully saturated rings. The summed E-state index contributed by atoms with van der Waals surface area (Å²) in [6.45, 7) is 2.60. The van der Waals surface area contributed by atoms with Crippen molar-refractivity contribution in [2.24, 2.45) is 0 Å². The van der Waals surface area contributed by atoms with Crippen molar-refractivity contribution in [1.29, 1.82) is 0 Å². The van der Waals surface area contributed by atoms with E-state index in [4.69, 9.17) is 27.9 Å². The average molecular weight is 517 g/mol. The largest absolute Gasteiger partial charge is 0.497 e. The molecule has 2 aliphatic heterocycles. The lowest BCUT2D eigenvalue weighted by Crippen LogP contribution is -2.45. The Labute approximate surface area is 213 Å². The third-order valence-electron chi connectivity index (χ3n) is 7.14. The first kappa shape index (κ1) is 24.0. The molecule has 2 heterocycles. The van der Waals surface area contributed by atoms with Crippen molar-refractivity contribution in [3.05, 3.63) is 93.0 Å². The van der Waals surface area contributed by atoms with Crippen LogP contribution in [-0.4, -0.2) is 37.6 Å². The van der Waals surface area contributed by atoms with E-state index in [-0.39, 0.29) is 11.3 Å². The number of rotatable bonds is 4. The summed E-state index contributed by atoms with van der Waals surface area (Å²) in [7, 11) is 1.63. The lowest BCUT2D eigenvalue weighted by Gasteiger charge is -2.40. The van der Waals surface area contributed by atoms with E-state index in [1.54, 1.807) is 36.3 Å². The first-order valence-electron chi connectivity index (χ1n) is 11.4. The minimum atomic E-state index is -0.839. The highest BCUT2D eigenvalue weighted by Gasteiger charge is 2.47. The Bertz CT molecular complexity index is 1290. The summed E-state index contributed by atoms with van der Waals surface area (Å²) in [5.74, 6) is -1.10. The van der Waals surface area contributed by atoms with Crippen molar-refractivity contribution in [1.82, 2.24) is 4.90 Å². The number of carbonyl (C=O) groups is 1. The summed E-state index contributed by atoms with van der Waals surface area (Å²) in [5.41, 5.74) is 2.86. The van der Waals surface area contributed by atoms with Gasteiger partial charge in [0.05, 0.1) is 17.7 Å². The van der Waals surface area contributed by atoms with Crippen LogP contribution in [0.5, 0.6) is 5.75 Å². The van der Waals surface area contributed by atoms with Crippen LogP contribution in [0.15, 0.2) is 54.6 Å². The minimum Gasteiger partial charge on any atom is -0.497 e. The van der Waals surface area contributed by atoms with Gasteiger partial charge in [-0.05, 0) is 85.6 Å². The SMILES string of the molecule is COc1ccc2c(c1)C1(CCN(Cc3ccc(F)c(F)c3)CC1)CN2C(=O)c1ccc(Cl)cc1Cl. The van der Waals surface area contributed by atoms with Crippen LogP contribution < -0.4 is 9.64 Å². The Morgan fingerprint density at radius 3 is 2.46 bits per heavy atom. The fraction of sp³-hybridized carbons (Fsp3) is 0.296. The van der Waals surface area contributed by atoms with Gasteiger partial charge in [0.2, 0.25) is 0 Å². The smallest absolute Gasteiger partial charge is 0.259 e. The summed E-state index contributed by atoms with van der Waals surface area (Å²) in [5, 5.41) is 0.794. The summed E-state index contributed by atoms with van der Waals surface area (Å²) in [6, 6.07) is 14.8. The molecule has 4 nitrogen and oxygen atoms in total. The zero-order valence-corrected chi connectivity index (χ0v) is 20.7. The van der Waals surface area contributed by atoms with Gasteiger partial charge in [-0.25, -0.2) is 8.78 Å². The molecule has 1 spiro atoms. The Hall–Kier alpha value is -2.67. The highest BCUT2D eigenvalue weighted by Crippen LogP contribution is 2.49. The van der Waals surface area contributed by atoms with Crippen LogP contribution in [0.25, 0.3) is 0 Å². The quantitative estimate of drug-likeness (QED) is 0.398. The molecule has 0 unspecified atom stereocenters. The molecule has 0 aromatic heterocycles. The summed E-state index contributed by atoms with van der Waals surface area (Å²) in [6.07, 6.45) is 1.63. The molecule has 2 aliphatic rings. The molecule has 0 aliphatic carbocycles. The highest BCUT2D eigenvalue weighted by molar-refractivity contribution is 6.37. The zero-order valence-electron chi connectivity index (χ0n) is 19.2. The Kier molecular flexibility index (Phi) is 6.47. The molecule has 3 aromatic rings. The van der Waals surface area contributed by atoms with E-state index in [1.807, 2.05) is 18.2 Å². The second-order valence-corrected chi connectivity index (χ2v) is 10.0. The molecule has 0 radical (unpaired) electrons. The number of nitrogens with zero attached hydrogens (tertiary/aromatic N) is 2. The van der Waals surface area contributed by atoms with Crippen LogP contribution in [-0.2, 0) is 12.0 Å². The van der Waals surface area contributed by atoms with Crippen molar-refractivity contribution in [3.63, 3.8) is 0 Å². The molecule has 0 bridgehead atoms. The van der Waals surface area contributed by atoms with E-state index in [0.717, 1.165) is 48.5 Å². The molecule has 5 rings (SSSR count). The number of likely N-dealkylation sites (tertiary alicyclic amines) is 1. The number of fused-ring (bicyclic) bond motifs is 2. The van der Waals surface area contributed by atoms with E-state index in [2.05, 4.69) is 4.90 Å². The van der Waals surface area contributed by atoms with Gasteiger partial charge in [0, 0.05) is 29.2 Å². The summed E-state index contributed by atoms with van der Waals surface area (Å²) in [4.78, 5) is 17.6. The van der Waals surface area contributed by atoms with Gasteiger partial charge in [-0.3, -0.25) is 9.69 Å². The van der Waals surface area contributed by atoms with Crippen LogP contribution in [0.3, 0.4) is 0 Å². The highest BCUT2D eigenvalue weighted by atomic mass is 35.5. The Morgan fingerprint density at radius 2 is 1.77 bits per heavy atom. The predicted molar refractivity (Wildman–Crippen MR) is 134 cm³/mol. The van der Waals surface area contributed by atoms with E-state index >= 15 is 0 Å². The Balaban J connectivity index is 1.41. The van der Waals surface area contributed by atoms with E-state index in [1.165, 1.54) is 12.1 Å². The van der Waals surface area contributed by atoms with Gasteiger partial charge in [0.25, 0.3) is 5.91 Å². The predicted octanol–water partition coefficient (Wildman–Crippen LogP) is 6.47. The third-order valence-corrected chi connectivity index (χ3v) is 7.68. The van der Waals surface area contributed by atoms with Crippen LogP contribution in [0, 0.1) is 11.6 Å². The van der Waals surface area contributed by atoms with Gasteiger partial charge in [0.1, 0.15) is 5.75 Å². The molecule has 0 saturated carbocycles. The number of halogens is 4. The van der Waals surface area contributed by atoms with Crippen molar-refractivity contribution >= 4 is 34.8 Å². The van der Waals surface area contributed by atoms with Crippen molar-refractivity contribution in [3.8, 4) is 5.75 Å². The Morgan fingerprint density at radius 1 is 1.00 bits per heavy atom. The van der Waals surface area contributed by atoms with Gasteiger partial charge in [-0.1, -0.05) is 29.3 Å². The molecular weight excluding hydrogens is 493 g/mol. The number of hydrogen-bond acceptors (Lipinski definition) is 3. The average Bonchev–Trinajstić information content (AvgIpc) is 3.16. The number of piperidine rings is 1. The zero-order chi connectivity index (χ0) is 24.7. The first-order valence-corrected chi connectivity index (χ1v) is 12.2. The van der Waals surface area contributed by atoms with E-state index < -0.39 is 11.6 Å². The van der Waals surface area contributed by atoms with Crippen molar-refractivity contribution in [2.75, 3.05) is 31.6 Å². The molecule has 35 heavy (non-hydrogen) atoms. The molecule has 1 amide bonds. The van der Waals surface area contributed by atoms with E-state index in [9.17, 15) is 13.6 Å². The maximum Gasteiger partial charge on any atom is 0.259 e. The molecule has 1 saturated heterocycles. The second kappa shape index (κ2) is 9.41.